The van der Waals surface area contributed by atoms with Gasteiger partial charge in [0.1, 0.15) is 11.5 Å². The molecule has 0 aliphatic carbocycles. The summed E-state index contributed by atoms with van der Waals surface area (Å²) in [5, 5.41) is 13.0. The number of aryl methyl sites for hydroxylation is 1. The number of aliphatic hydroxyl groups is 1. The molecule has 1 N–H and O–H groups in total. The number of benzene rings is 1. The maximum absolute atomic E-state index is 13.0. The Hall–Kier alpha value is -2.64. The normalized spacial score (nSPS) is 18.2. The van der Waals surface area contributed by atoms with E-state index in [1.165, 1.54) is 11.3 Å². The minimum atomic E-state index is -0.643. The van der Waals surface area contributed by atoms with E-state index in [0.29, 0.717) is 25.3 Å². The van der Waals surface area contributed by atoms with Gasteiger partial charge < -0.3 is 19.6 Å². The van der Waals surface area contributed by atoms with Gasteiger partial charge in [0.05, 0.1) is 18.2 Å². The van der Waals surface area contributed by atoms with Crippen LogP contribution in [0.4, 0.5) is 0 Å². The number of ether oxygens (including phenoxy) is 1. The van der Waals surface area contributed by atoms with Crippen molar-refractivity contribution in [3.63, 3.8) is 0 Å². The molecule has 1 atom stereocenters. The molecule has 0 saturated carbocycles. The SMILES string of the molecule is CCCCOc1ccc(/C(O)=C2/C(=O)C(=O)N(CCN(C)C)C2c2cccs2)cc1C. The molecule has 1 aromatic carbocycles. The van der Waals surface area contributed by atoms with E-state index in [9.17, 15) is 14.7 Å². The Morgan fingerprint density at radius 3 is 2.65 bits per heavy atom. The van der Waals surface area contributed by atoms with Crippen molar-refractivity contribution in [1.82, 2.24) is 9.80 Å². The largest absolute Gasteiger partial charge is 0.507 e. The summed E-state index contributed by atoms with van der Waals surface area (Å²) in [6, 6.07) is 8.55. The highest BCUT2D eigenvalue weighted by Crippen LogP contribution is 2.41. The van der Waals surface area contributed by atoms with Gasteiger partial charge in [-0.25, -0.2) is 0 Å². The number of hydrogen-bond acceptors (Lipinski definition) is 6. The van der Waals surface area contributed by atoms with Crippen molar-refractivity contribution in [3.8, 4) is 5.75 Å². The lowest BCUT2D eigenvalue weighted by Crippen LogP contribution is -2.35. The van der Waals surface area contributed by atoms with E-state index < -0.39 is 17.7 Å². The highest BCUT2D eigenvalue weighted by molar-refractivity contribution is 7.10. The van der Waals surface area contributed by atoms with Crippen molar-refractivity contribution < 1.29 is 19.4 Å². The Bertz CT molecular complexity index is 966. The number of likely N-dealkylation sites (tertiary alicyclic amines) is 1. The fraction of sp³-hybridized carbons (Fsp3) is 0.417. The van der Waals surface area contributed by atoms with Crippen LogP contribution in [0.3, 0.4) is 0 Å². The number of carbonyl (C=O) groups excluding carboxylic acids is 2. The Morgan fingerprint density at radius 2 is 2.03 bits per heavy atom. The summed E-state index contributed by atoms with van der Waals surface area (Å²) in [7, 11) is 3.84. The first-order valence-electron chi connectivity index (χ1n) is 10.6. The predicted molar refractivity (Wildman–Crippen MR) is 123 cm³/mol. The molecular formula is C24H30N2O4S. The second kappa shape index (κ2) is 10.1. The van der Waals surface area contributed by atoms with Gasteiger partial charge >= 0.3 is 0 Å². The minimum Gasteiger partial charge on any atom is -0.507 e. The van der Waals surface area contributed by atoms with Crippen LogP contribution in [0.5, 0.6) is 5.75 Å². The summed E-state index contributed by atoms with van der Waals surface area (Å²) in [6.45, 7) is 5.68. The minimum absolute atomic E-state index is 0.144. The van der Waals surface area contributed by atoms with E-state index in [1.807, 2.05) is 49.5 Å². The van der Waals surface area contributed by atoms with Crippen LogP contribution < -0.4 is 4.74 Å². The highest BCUT2D eigenvalue weighted by Gasteiger charge is 2.46. The van der Waals surface area contributed by atoms with Crippen LogP contribution in [0.25, 0.3) is 5.76 Å². The average molecular weight is 443 g/mol. The summed E-state index contributed by atoms with van der Waals surface area (Å²) < 4.78 is 5.80. The number of carbonyl (C=O) groups is 2. The Labute approximate surface area is 187 Å². The van der Waals surface area contributed by atoms with Crippen LogP contribution in [-0.4, -0.2) is 60.4 Å². The van der Waals surface area contributed by atoms with Crippen LogP contribution >= 0.6 is 11.3 Å². The molecule has 1 amide bonds. The van der Waals surface area contributed by atoms with Crippen LogP contribution in [0.15, 0.2) is 41.3 Å². The molecular weight excluding hydrogens is 412 g/mol. The van der Waals surface area contributed by atoms with E-state index in [2.05, 4.69) is 6.92 Å². The van der Waals surface area contributed by atoms with Gasteiger partial charge in [-0.05, 0) is 62.6 Å². The Balaban J connectivity index is 2.00. The first-order chi connectivity index (χ1) is 14.8. The van der Waals surface area contributed by atoms with Gasteiger partial charge in [-0.15, -0.1) is 11.3 Å². The maximum Gasteiger partial charge on any atom is 0.295 e. The summed E-state index contributed by atoms with van der Waals surface area (Å²) in [5.74, 6) is -0.604. The zero-order valence-corrected chi connectivity index (χ0v) is 19.4. The van der Waals surface area contributed by atoms with Gasteiger partial charge in [-0.1, -0.05) is 19.4 Å². The van der Waals surface area contributed by atoms with E-state index in [0.717, 1.165) is 29.0 Å². The van der Waals surface area contributed by atoms with Crippen LogP contribution in [-0.2, 0) is 9.59 Å². The molecule has 1 saturated heterocycles. The number of nitrogens with zero attached hydrogens (tertiary/aromatic N) is 2. The fourth-order valence-electron chi connectivity index (χ4n) is 3.60. The van der Waals surface area contributed by atoms with Gasteiger partial charge in [0.25, 0.3) is 11.7 Å². The number of Topliss-reactive ketones (excluding diaryl/α,β-unsaturated/α-hetero) is 1. The average Bonchev–Trinajstić information content (AvgIpc) is 3.34. The lowest BCUT2D eigenvalue weighted by molar-refractivity contribution is -0.140. The van der Waals surface area contributed by atoms with Gasteiger partial charge in [-0.3, -0.25) is 9.59 Å². The van der Waals surface area contributed by atoms with E-state index in [1.54, 1.807) is 17.0 Å². The van der Waals surface area contributed by atoms with Crippen molar-refractivity contribution in [3.05, 3.63) is 57.3 Å². The number of ketones is 1. The smallest absolute Gasteiger partial charge is 0.295 e. The Morgan fingerprint density at radius 1 is 1.26 bits per heavy atom. The molecule has 1 aliphatic rings. The molecule has 6 nitrogen and oxygen atoms in total. The summed E-state index contributed by atoms with van der Waals surface area (Å²) in [4.78, 5) is 30.2. The fourth-order valence-corrected chi connectivity index (χ4v) is 4.45. The molecule has 2 aromatic rings. The third-order valence-electron chi connectivity index (χ3n) is 5.34. The van der Waals surface area contributed by atoms with E-state index in [4.69, 9.17) is 4.74 Å². The number of hydrogen-bond donors (Lipinski definition) is 1. The standard InChI is InChI=1S/C24H30N2O4S/c1-5-6-13-30-18-10-9-17(15-16(18)2)22(27)20-21(19-8-7-14-31-19)26(12-11-25(3)4)24(29)23(20)28/h7-10,14-15,21,27H,5-6,11-13H2,1-4H3/b22-20-. The molecule has 1 fully saturated rings. The second-order valence-electron chi connectivity index (χ2n) is 7.99. The summed E-state index contributed by atoms with van der Waals surface area (Å²) in [6.07, 6.45) is 2.02. The molecule has 31 heavy (non-hydrogen) atoms. The molecule has 3 rings (SSSR count). The lowest BCUT2D eigenvalue weighted by Gasteiger charge is -2.25. The third-order valence-corrected chi connectivity index (χ3v) is 6.27. The molecule has 1 aliphatic heterocycles. The molecule has 0 spiro atoms. The van der Waals surface area contributed by atoms with Gasteiger partial charge in [-0.2, -0.15) is 0 Å². The summed E-state index contributed by atoms with van der Waals surface area (Å²) >= 11 is 1.47. The van der Waals surface area contributed by atoms with Crippen molar-refractivity contribution in [1.29, 1.82) is 0 Å². The monoisotopic (exact) mass is 442 g/mol. The zero-order chi connectivity index (χ0) is 22.5. The maximum atomic E-state index is 13.0. The topological polar surface area (TPSA) is 70.1 Å². The van der Waals surface area contributed by atoms with Crippen molar-refractivity contribution in [2.45, 2.75) is 32.7 Å². The first kappa shape index (κ1) is 23.0. The van der Waals surface area contributed by atoms with Crippen LogP contribution in [0.1, 0.15) is 41.8 Å². The second-order valence-corrected chi connectivity index (χ2v) is 8.97. The molecule has 7 heteroatoms. The van der Waals surface area contributed by atoms with Crippen molar-refractivity contribution in [2.24, 2.45) is 0 Å². The van der Waals surface area contributed by atoms with Crippen molar-refractivity contribution >= 4 is 28.8 Å². The molecule has 1 unspecified atom stereocenters. The Kier molecular flexibility index (Phi) is 7.51. The van der Waals surface area contributed by atoms with Crippen LogP contribution in [0, 0.1) is 6.92 Å². The predicted octanol–water partition coefficient (Wildman–Crippen LogP) is 4.22. The molecule has 166 valence electrons. The van der Waals surface area contributed by atoms with E-state index in [-0.39, 0.29) is 11.3 Å². The number of thiophene rings is 1. The molecule has 0 radical (unpaired) electrons. The molecule has 1 aromatic heterocycles. The third kappa shape index (κ3) is 4.99. The van der Waals surface area contributed by atoms with Gasteiger partial charge in [0.15, 0.2) is 0 Å². The number of rotatable bonds is 9. The number of amides is 1. The number of unbranched alkanes of at least 4 members (excludes halogenated alkanes) is 1. The summed E-state index contributed by atoms with van der Waals surface area (Å²) in [5.41, 5.74) is 1.52. The lowest BCUT2D eigenvalue weighted by atomic mass is 9.98. The quantitative estimate of drug-likeness (QED) is 0.273. The first-order valence-corrected chi connectivity index (χ1v) is 11.4. The number of likely N-dealkylation sites (N-methyl/N-ethyl adjacent to an activating group) is 1. The van der Waals surface area contributed by atoms with Crippen LogP contribution in [0.2, 0.25) is 0 Å². The molecule has 0 bridgehead atoms. The molecule has 2 heterocycles. The van der Waals surface area contributed by atoms with Crippen molar-refractivity contribution in [2.75, 3.05) is 33.8 Å². The zero-order valence-electron chi connectivity index (χ0n) is 18.6. The van der Waals surface area contributed by atoms with E-state index >= 15 is 0 Å². The van der Waals surface area contributed by atoms with Gasteiger partial charge in [0.2, 0.25) is 0 Å². The highest BCUT2D eigenvalue weighted by atomic mass is 32.1. The number of aliphatic hydroxyl groups excluding tert-OH is 1. The van der Waals surface area contributed by atoms with Gasteiger partial charge in [0, 0.05) is 23.5 Å².